The Bertz CT molecular complexity index is 615. The lowest BCUT2D eigenvalue weighted by Crippen LogP contribution is -1.98. The number of carbonyl (C=O) groups excluding carboxylic acids is 1. The van der Waals surface area contributed by atoms with Crippen molar-refractivity contribution in [1.82, 2.24) is 0 Å². The van der Waals surface area contributed by atoms with Gasteiger partial charge in [0.05, 0.1) is 32.5 Å². The minimum atomic E-state index is -0.524. The SMILES string of the molecule is CCOC(=O)C=CC(C#N)=Cc1cc(OC)c(O)c(OC)c1. The Morgan fingerprint density at radius 2 is 1.86 bits per heavy atom. The lowest BCUT2D eigenvalue weighted by atomic mass is 10.1. The molecular formula is C16H17NO5. The molecule has 1 N–H and O–H groups in total. The molecule has 0 aliphatic carbocycles. The molecule has 0 unspecified atom stereocenters. The molecule has 0 bridgehead atoms. The van der Waals surface area contributed by atoms with Crippen LogP contribution in [0.25, 0.3) is 6.08 Å². The second kappa shape index (κ2) is 8.37. The van der Waals surface area contributed by atoms with Crippen LogP contribution >= 0.6 is 0 Å². The van der Waals surface area contributed by atoms with Crippen molar-refractivity contribution in [1.29, 1.82) is 5.26 Å². The van der Waals surface area contributed by atoms with E-state index in [1.807, 2.05) is 6.07 Å². The number of ether oxygens (including phenoxy) is 3. The van der Waals surface area contributed by atoms with Crippen molar-refractivity contribution >= 4 is 12.0 Å². The molecule has 0 fully saturated rings. The summed E-state index contributed by atoms with van der Waals surface area (Å²) in [6, 6.07) is 5.06. The first-order valence-electron chi connectivity index (χ1n) is 6.47. The summed E-state index contributed by atoms with van der Waals surface area (Å²) in [6.07, 6.45) is 4.05. The summed E-state index contributed by atoms with van der Waals surface area (Å²) >= 11 is 0. The van der Waals surface area contributed by atoms with Crippen LogP contribution in [0.2, 0.25) is 0 Å². The van der Waals surface area contributed by atoms with Gasteiger partial charge in [0, 0.05) is 6.08 Å². The van der Waals surface area contributed by atoms with E-state index in [0.717, 1.165) is 0 Å². The summed E-state index contributed by atoms with van der Waals surface area (Å²) in [5.74, 6) is -0.207. The third-order valence-electron chi connectivity index (χ3n) is 2.64. The molecule has 1 aromatic carbocycles. The fourth-order valence-corrected chi connectivity index (χ4v) is 1.64. The molecule has 116 valence electrons. The Balaban J connectivity index is 3.13. The number of allylic oxidation sites excluding steroid dienone is 2. The van der Waals surface area contributed by atoms with Crippen LogP contribution in [0.3, 0.4) is 0 Å². The maximum Gasteiger partial charge on any atom is 0.330 e. The number of methoxy groups -OCH3 is 2. The van der Waals surface area contributed by atoms with Gasteiger partial charge in [0.2, 0.25) is 5.75 Å². The highest BCUT2D eigenvalue weighted by atomic mass is 16.5. The Kier molecular flexibility index (Phi) is 6.51. The first-order valence-corrected chi connectivity index (χ1v) is 6.47. The number of nitrogens with zero attached hydrogens (tertiary/aromatic N) is 1. The molecule has 0 saturated carbocycles. The number of carbonyl (C=O) groups is 1. The predicted molar refractivity (Wildman–Crippen MR) is 80.6 cm³/mol. The predicted octanol–water partition coefficient (Wildman–Crippen LogP) is 2.44. The molecule has 6 heteroatoms. The van der Waals surface area contributed by atoms with Crippen LogP contribution in [0.1, 0.15) is 12.5 Å². The standard InChI is InChI=1S/C16H17NO5/c1-4-22-15(18)6-5-11(10-17)7-12-8-13(20-2)16(19)14(9-12)21-3/h5-9,19H,4H2,1-3H3. The third kappa shape index (κ3) is 4.56. The summed E-state index contributed by atoms with van der Waals surface area (Å²) in [5, 5.41) is 18.9. The summed E-state index contributed by atoms with van der Waals surface area (Å²) < 4.78 is 14.8. The number of nitriles is 1. The van der Waals surface area contributed by atoms with E-state index in [-0.39, 0.29) is 29.4 Å². The van der Waals surface area contributed by atoms with Gasteiger partial charge in [0.25, 0.3) is 0 Å². The maximum atomic E-state index is 11.2. The summed E-state index contributed by atoms with van der Waals surface area (Å²) in [4.78, 5) is 11.2. The minimum Gasteiger partial charge on any atom is -0.502 e. The summed E-state index contributed by atoms with van der Waals surface area (Å²) in [5.41, 5.74) is 0.819. The summed E-state index contributed by atoms with van der Waals surface area (Å²) in [7, 11) is 2.82. The van der Waals surface area contributed by atoms with E-state index in [4.69, 9.17) is 19.5 Å². The highest BCUT2D eigenvalue weighted by Gasteiger charge is 2.10. The van der Waals surface area contributed by atoms with E-state index in [2.05, 4.69) is 0 Å². The van der Waals surface area contributed by atoms with Gasteiger partial charge in [0.15, 0.2) is 11.5 Å². The zero-order valence-corrected chi connectivity index (χ0v) is 12.6. The highest BCUT2D eigenvalue weighted by Crippen LogP contribution is 2.37. The average Bonchev–Trinajstić information content (AvgIpc) is 2.52. The number of esters is 1. The minimum absolute atomic E-state index is 0.122. The van der Waals surface area contributed by atoms with E-state index in [0.29, 0.717) is 5.56 Å². The van der Waals surface area contributed by atoms with Gasteiger partial charge in [-0.05, 0) is 36.8 Å². The molecule has 0 aliphatic heterocycles. The van der Waals surface area contributed by atoms with Crippen LogP contribution < -0.4 is 9.47 Å². The molecule has 0 heterocycles. The van der Waals surface area contributed by atoms with Crippen LogP contribution in [0.15, 0.2) is 29.9 Å². The molecule has 0 atom stereocenters. The van der Waals surface area contributed by atoms with Crippen molar-refractivity contribution in [3.63, 3.8) is 0 Å². The fraction of sp³-hybridized carbons (Fsp3) is 0.250. The van der Waals surface area contributed by atoms with Crippen molar-refractivity contribution < 1.29 is 24.1 Å². The van der Waals surface area contributed by atoms with Gasteiger partial charge >= 0.3 is 5.97 Å². The van der Waals surface area contributed by atoms with E-state index in [1.54, 1.807) is 19.1 Å². The first-order chi connectivity index (χ1) is 10.5. The highest BCUT2D eigenvalue weighted by molar-refractivity contribution is 5.83. The van der Waals surface area contributed by atoms with Gasteiger partial charge in [-0.2, -0.15) is 5.26 Å². The molecule has 1 aromatic rings. The van der Waals surface area contributed by atoms with Gasteiger partial charge in [0.1, 0.15) is 0 Å². The molecule has 0 radical (unpaired) electrons. The fourth-order valence-electron chi connectivity index (χ4n) is 1.64. The van der Waals surface area contributed by atoms with Crippen molar-refractivity contribution in [2.75, 3.05) is 20.8 Å². The maximum absolute atomic E-state index is 11.2. The lowest BCUT2D eigenvalue weighted by Gasteiger charge is -2.09. The van der Waals surface area contributed by atoms with Crippen molar-refractivity contribution in [2.45, 2.75) is 6.92 Å². The number of hydrogen-bond acceptors (Lipinski definition) is 6. The number of hydrogen-bond donors (Lipinski definition) is 1. The molecule has 22 heavy (non-hydrogen) atoms. The van der Waals surface area contributed by atoms with Crippen LogP contribution in [-0.4, -0.2) is 31.9 Å². The van der Waals surface area contributed by atoms with E-state index >= 15 is 0 Å². The van der Waals surface area contributed by atoms with Crippen LogP contribution in [0.4, 0.5) is 0 Å². The van der Waals surface area contributed by atoms with Crippen molar-refractivity contribution in [3.05, 3.63) is 35.4 Å². The smallest absolute Gasteiger partial charge is 0.330 e. The van der Waals surface area contributed by atoms with Crippen LogP contribution in [0.5, 0.6) is 17.2 Å². The van der Waals surface area contributed by atoms with Crippen LogP contribution in [0, 0.1) is 11.3 Å². The van der Waals surface area contributed by atoms with Crippen molar-refractivity contribution in [2.24, 2.45) is 0 Å². The molecular weight excluding hydrogens is 286 g/mol. The van der Waals surface area contributed by atoms with Crippen LogP contribution in [-0.2, 0) is 9.53 Å². The topological polar surface area (TPSA) is 88.8 Å². The first kappa shape index (κ1) is 17.1. The molecule has 0 amide bonds. The molecule has 1 rings (SSSR count). The van der Waals surface area contributed by atoms with Gasteiger partial charge < -0.3 is 19.3 Å². The van der Waals surface area contributed by atoms with E-state index in [1.165, 1.54) is 32.4 Å². The quantitative estimate of drug-likeness (QED) is 0.376. The zero-order chi connectivity index (χ0) is 16.5. The number of phenolic OH excluding ortho intramolecular Hbond substituents is 1. The Hall–Kier alpha value is -2.94. The number of aromatic hydroxyl groups is 1. The number of benzene rings is 1. The number of rotatable bonds is 6. The second-order valence-electron chi connectivity index (χ2n) is 4.07. The van der Waals surface area contributed by atoms with Gasteiger partial charge in [-0.1, -0.05) is 0 Å². The average molecular weight is 303 g/mol. The molecule has 0 spiro atoms. The second-order valence-corrected chi connectivity index (χ2v) is 4.07. The third-order valence-corrected chi connectivity index (χ3v) is 2.64. The van der Waals surface area contributed by atoms with Gasteiger partial charge in [-0.3, -0.25) is 0 Å². The monoisotopic (exact) mass is 303 g/mol. The molecule has 0 aromatic heterocycles. The van der Waals surface area contributed by atoms with Gasteiger partial charge in [-0.15, -0.1) is 0 Å². The van der Waals surface area contributed by atoms with Gasteiger partial charge in [-0.25, -0.2) is 4.79 Å². The summed E-state index contributed by atoms with van der Waals surface area (Å²) in [6.45, 7) is 1.96. The van der Waals surface area contributed by atoms with E-state index in [9.17, 15) is 9.90 Å². The normalized spacial score (nSPS) is 11.1. The largest absolute Gasteiger partial charge is 0.502 e. The Labute approximate surface area is 128 Å². The number of phenols is 1. The Morgan fingerprint density at radius 3 is 2.32 bits per heavy atom. The van der Waals surface area contributed by atoms with Crippen molar-refractivity contribution in [3.8, 4) is 23.3 Å². The zero-order valence-electron chi connectivity index (χ0n) is 12.6. The molecule has 6 nitrogen and oxygen atoms in total. The molecule has 0 saturated heterocycles. The van der Waals surface area contributed by atoms with E-state index < -0.39 is 5.97 Å². The lowest BCUT2D eigenvalue weighted by molar-refractivity contribution is -0.137. The Morgan fingerprint density at radius 1 is 1.27 bits per heavy atom. The molecule has 0 aliphatic rings.